The van der Waals surface area contributed by atoms with Gasteiger partial charge in [-0.25, -0.2) is 0 Å². The first-order valence-electron chi connectivity index (χ1n) is 10.5. The zero-order chi connectivity index (χ0) is 19.5. The molecule has 2 aliphatic rings. The third-order valence-corrected chi connectivity index (χ3v) is 6.02. The highest BCUT2D eigenvalue weighted by atomic mass is 16.5. The van der Waals surface area contributed by atoms with Crippen molar-refractivity contribution in [3.8, 4) is 22.8 Å². The van der Waals surface area contributed by atoms with Crippen molar-refractivity contribution in [2.75, 3.05) is 27.2 Å². The van der Waals surface area contributed by atoms with Crippen LogP contribution in [0.3, 0.4) is 0 Å². The summed E-state index contributed by atoms with van der Waals surface area (Å²) < 4.78 is 13.4. The molecule has 28 heavy (non-hydrogen) atoms. The Morgan fingerprint density at radius 2 is 1.93 bits per heavy atom. The molecule has 1 saturated heterocycles. The number of hydrogen-bond donors (Lipinski definition) is 1. The van der Waals surface area contributed by atoms with Crippen LogP contribution in [0.4, 0.5) is 0 Å². The van der Waals surface area contributed by atoms with Gasteiger partial charge in [-0.15, -0.1) is 0 Å². The number of aromatic amines is 1. The molecule has 6 nitrogen and oxygen atoms in total. The lowest BCUT2D eigenvalue weighted by atomic mass is 9.99. The summed E-state index contributed by atoms with van der Waals surface area (Å²) in [5.74, 6) is 2.01. The summed E-state index contributed by atoms with van der Waals surface area (Å²) >= 11 is 0. The van der Waals surface area contributed by atoms with Gasteiger partial charge in [0.1, 0.15) is 0 Å². The molecule has 1 atom stereocenters. The summed E-state index contributed by atoms with van der Waals surface area (Å²) in [6, 6.07) is 7.57. The molecular weight excluding hydrogens is 354 g/mol. The summed E-state index contributed by atoms with van der Waals surface area (Å²) in [6.07, 6.45) is 7.26. The van der Waals surface area contributed by atoms with Crippen LogP contribution in [0.1, 0.15) is 38.5 Å². The monoisotopic (exact) mass is 385 g/mol. The normalized spacial score (nSPS) is 21.1. The number of methoxy groups -OCH3 is 1. The number of benzene rings is 1. The lowest BCUT2D eigenvalue weighted by Crippen LogP contribution is -2.35. The smallest absolute Gasteiger partial charge is 0.267 e. The van der Waals surface area contributed by atoms with Crippen LogP contribution in [0.15, 0.2) is 29.1 Å². The Balaban J connectivity index is 1.54. The quantitative estimate of drug-likeness (QED) is 0.827. The van der Waals surface area contributed by atoms with E-state index in [0.717, 1.165) is 55.2 Å². The second-order valence-corrected chi connectivity index (χ2v) is 8.28. The minimum atomic E-state index is 0.0253. The van der Waals surface area contributed by atoms with Crippen molar-refractivity contribution in [3.63, 3.8) is 0 Å². The molecule has 1 aliphatic heterocycles. The molecule has 0 spiro atoms. The predicted octanol–water partition coefficient (Wildman–Crippen LogP) is 3.52. The van der Waals surface area contributed by atoms with E-state index in [2.05, 4.69) is 17.0 Å². The highest BCUT2D eigenvalue weighted by molar-refractivity contribution is 5.63. The van der Waals surface area contributed by atoms with Crippen LogP contribution in [0.2, 0.25) is 0 Å². The summed E-state index contributed by atoms with van der Waals surface area (Å²) in [4.78, 5) is 14.9. The topological polar surface area (TPSA) is 59.5 Å². The van der Waals surface area contributed by atoms with E-state index in [1.807, 2.05) is 18.2 Å². The Labute approximate surface area is 166 Å². The van der Waals surface area contributed by atoms with Crippen molar-refractivity contribution in [2.24, 2.45) is 5.92 Å². The number of nitrogens with one attached hydrogen (secondary N) is 1. The van der Waals surface area contributed by atoms with E-state index in [1.165, 1.54) is 25.7 Å². The van der Waals surface area contributed by atoms with Crippen LogP contribution >= 0.6 is 0 Å². The number of nitrogens with zero attached hydrogens (tertiary/aromatic N) is 2. The van der Waals surface area contributed by atoms with Crippen molar-refractivity contribution >= 4 is 0 Å². The van der Waals surface area contributed by atoms with Crippen molar-refractivity contribution in [2.45, 2.75) is 51.2 Å². The lowest BCUT2D eigenvalue weighted by molar-refractivity contribution is 0.189. The molecule has 1 saturated carbocycles. The Bertz CT molecular complexity index is 851. The molecule has 0 amide bonds. The summed E-state index contributed by atoms with van der Waals surface area (Å²) in [6.45, 7) is 2.93. The van der Waals surface area contributed by atoms with Gasteiger partial charge in [0.25, 0.3) is 5.56 Å². The molecular formula is C22H31N3O3. The van der Waals surface area contributed by atoms with E-state index >= 15 is 0 Å². The molecule has 4 rings (SSSR count). The molecule has 2 fully saturated rings. The molecule has 1 aromatic heterocycles. The number of rotatable bonds is 6. The van der Waals surface area contributed by atoms with E-state index in [9.17, 15) is 4.79 Å². The average Bonchev–Trinajstić information content (AvgIpc) is 3.32. The van der Waals surface area contributed by atoms with Gasteiger partial charge in [0.2, 0.25) is 0 Å². The average molecular weight is 386 g/mol. The number of ether oxygens (including phenoxy) is 2. The minimum absolute atomic E-state index is 0.0253. The molecule has 1 aliphatic carbocycles. The first kappa shape index (κ1) is 19.1. The Morgan fingerprint density at radius 1 is 1.11 bits per heavy atom. The van der Waals surface area contributed by atoms with Crippen LogP contribution < -0.4 is 15.0 Å². The number of aromatic nitrogens is 2. The van der Waals surface area contributed by atoms with Crippen molar-refractivity contribution in [1.82, 2.24) is 14.7 Å². The van der Waals surface area contributed by atoms with Crippen molar-refractivity contribution in [1.29, 1.82) is 0 Å². The van der Waals surface area contributed by atoms with Crippen molar-refractivity contribution < 1.29 is 9.47 Å². The van der Waals surface area contributed by atoms with Crippen LogP contribution in [0, 0.1) is 5.92 Å². The third kappa shape index (κ3) is 4.27. The second kappa shape index (κ2) is 8.43. The van der Waals surface area contributed by atoms with Gasteiger partial charge in [-0.1, -0.05) is 0 Å². The fraction of sp³-hybridized carbons (Fsp3) is 0.591. The van der Waals surface area contributed by atoms with E-state index in [4.69, 9.17) is 9.47 Å². The number of piperidine rings is 1. The minimum Gasteiger partial charge on any atom is -0.493 e. The molecule has 152 valence electrons. The first-order valence-corrected chi connectivity index (χ1v) is 10.5. The molecule has 2 heterocycles. The van der Waals surface area contributed by atoms with Gasteiger partial charge in [-0.05, 0) is 76.2 Å². The highest BCUT2D eigenvalue weighted by Crippen LogP contribution is 2.34. The maximum absolute atomic E-state index is 12.5. The van der Waals surface area contributed by atoms with Gasteiger partial charge in [0.15, 0.2) is 11.5 Å². The van der Waals surface area contributed by atoms with Gasteiger partial charge in [-0.3, -0.25) is 14.6 Å². The summed E-state index contributed by atoms with van der Waals surface area (Å²) in [5.41, 5.74) is 1.80. The zero-order valence-corrected chi connectivity index (χ0v) is 16.9. The maximum atomic E-state index is 12.5. The van der Waals surface area contributed by atoms with E-state index < -0.39 is 0 Å². The second-order valence-electron chi connectivity index (χ2n) is 8.28. The number of H-pyrrole nitrogens is 1. The maximum Gasteiger partial charge on any atom is 0.267 e. The van der Waals surface area contributed by atoms with Crippen LogP contribution in [-0.2, 0) is 6.54 Å². The summed E-state index contributed by atoms with van der Waals surface area (Å²) in [7, 11) is 3.81. The zero-order valence-electron chi connectivity index (χ0n) is 16.9. The molecule has 2 aromatic rings. The molecule has 1 aromatic carbocycles. The van der Waals surface area contributed by atoms with Crippen LogP contribution in [-0.4, -0.2) is 48.0 Å². The lowest BCUT2D eigenvalue weighted by Gasteiger charge is -2.29. The molecule has 1 unspecified atom stereocenters. The standard InChI is InChI=1S/C22H31N3O3/c1-24-11-5-6-16(14-24)15-25-22(26)13-19(23-25)17-9-10-20(27-2)21(12-17)28-18-7-3-4-8-18/h9-10,12-13,16,18,23H,3-8,11,14-15H2,1-2H3. The Kier molecular flexibility index (Phi) is 5.76. The van der Waals surface area contributed by atoms with E-state index in [-0.39, 0.29) is 11.7 Å². The predicted molar refractivity (Wildman–Crippen MR) is 110 cm³/mol. The molecule has 1 N–H and O–H groups in total. The van der Waals surface area contributed by atoms with Gasteiger partial charge < -0.3 is 14.4 Å². The Morgan fingerprint density at radius 3 is 2.68 bits per heavy atom. The van der Waals surface area contributed by atoms with Crippen LogP contribution in [0.25, 0.3) is 11.3 Å². The fourth-order valence-corrected chi connectivity index (χ4v) is 4.52. The number of hydrogen-bond acceptors (Lipinski definition) is 4. The largest absolute Gasteiger partial charge is 0.493 e. The van der Waals surface area contributed by atoms with E-state index in [0.29, 0.717) is 5.92 Å². The summed E-state index contributed by atoms with van der Waals surface area (Å²) in [5, 5.41) is 3.31. The number of likely N-dealkylation sites (tertiary alicyclic amines) is 1. The SMILES string of the molecule is COc1ccc(-c2cc(=O)n(CC3CCCN(C)C3)[nH]2)cc1OC1CCCC1. The third-order valence-electron chi connectivity index (χ3n) is 6.02. The van der Waals surface area contributed by atoms with Crippen molar-refractivity contribution in [3.05, 3.63) is 34.6 Å². The molecule has 6 heteroatoms. The van der Waals surface area contributed by atoms with E-state index in [1.54, 1.807) is 17.9 Å². The van der Waals surface area contributed by atoms with Gasteiger partial charge >= 0.3 is 0 Å². The van der Waals surface area contributed by atoms with Gasteiger partial charge in [0, 0.05) is 24.7 Å². The molecule has 0 radical (unpaired) electrons. The van der Waals surface area contributed by atoms with Gasteiger partial charge in [-0.2, -0.15) is 0 Å². The van der Waals surface area contributed by atoms with Gasteiger partial charge in [0.05, 0.1) is 18.9 Å². The fourth-order valence-electron chi connectivity index (χ4n) is 4.52. The Hall–Kier alpha value is -2.21. The molecule has 0 bridgehead atoms. The highest BCUT2D eigenvalue weighted by Gasteiger charge is 2.21. The first-order chi connectivity index (χ1) is 13.6. The van der Waals surface area contributed by atoms with Crippen LogP contribution in [0.5, 0.6) is 11.5 Å².